The lowest BCUT2D eigenvalue weighted by Crippen LogP contribution is -2.38. The summed E-state index contributed by atoms with van der Waals surface area (Å²) in [7, 11) is 0. The quantitative estimate of drug-likeness (QED) is 0.652. The minimum absolute atomic E-state index is 0.0379. The van der Waals surface area contributed by atoms with E-state index in [0.29, 0.717) is 13.1 Å². The van der Waals surface area contributed by atoms with Crippen molar-refractivity contribution in [1.29, 1.82) is 0 Å². The standard InChI is InChI=1S/C24H28N4O/c1-4-13-28-16-21(20-8-6-12-25-23(20)28)19-10-14-27(15-11-19)24(29)26-22-9-5-7-17(2)18(22)3/h5-10,12,16H,4,11,13-15H2,1-3H3,(H,26,29). The molecule has 4 rings (SSSR count). The molecule has 1 N–H and O–H groups in total. The fourth-order valence-corrected chi connectivity index (χ4v) is 3.97. The lowest BCUT2D eigenvalue weighted by Gasteiger charge is -2.27. The van der Waals surface area contributed by atoms with Gasteiger partial charge in [0, 0.05) is 48.7 Å². The molecule has 2 amide bonds. The van der Waals surface area contributed by atoms with Gasteiger partial charge in [0.15, 0.2) is 0 Å². The Balaban J connectivity index is 1.52. The van der Waals surface area contributed by atoms with Gasteiger partial charge in [-0.25, -0.2) is 9.78 Å². The van der Waals surface area contributed by atoms with Crippen molar-refractivity contribution in [3.63, 3.8) is 0 Å². The van der Waals surface area contributed by atoms with Crippen LogP contribution in [0.2, 0.25) is 0 Å². The molecule has 0 radical (unpaired) electrons. The average molecular weight is 389 g/mol. The van der Waals surface area contributed by atoms with Crippen LogP contribution < -0.4 is 5.32 Å². The summed E-state index contributed by atoms with van der Waals surface area (Å²) in [4.78, 5) is 19.2. The smallest absolute Gasteiger partial charge is 0.322 e. The van der Waals surface area contributed by atoms with Gasteiger partial charge in [-0.1, -0.05) is 25.1 Å². The zero-order chi connectivity index (χ0) is 20.4. The van der Waals surface area contributed by atoms with Crippen LogP contribution in [0.4, 0.5) is 10.5 Å². The summed E-state index contributed by atoms with van der Waals surface area (Å²) in [6.07, 6.45) is 8.18. The maximum Gasteiger partial charge on any atom is 0.322 e. The molecule has 0 atom stereocenters. The number of nitrogens with zero attached hydrogens (tertiary/aromatic N) is 3. The summed E-state index contributed by atoms with van der Waals surface area (Å²) >= 11 is 0. The third-order valence-electron chi connectivity index (χ3n) is 5.79. The van der Waals surface area contributed by atoms with Crippen LogP contribution in [0.1, 0.15) is 36.5 Å². The Morgan fingerprint density at radius 2 is 2.07 bits per heavy atom. The van der Waals surface area contributed by atoms with E-state index in [0.717, 1.165) is 36.3 Å². The fraction of sp³-hybridized carbons (Fsp3) is 0.333. The minimum atomic E-state index is -0.0379. The second-order valence-electron chi connectivity index (χ2n) is 7.71. The van der Waals surface area contributed by atoms with Crippen molar-refractivity contribution in [1.82, 2.24) is 14.5 Å². The number of aryl methyl sites for hydroxylation is 2. The van der Waals surface area contributed by atoms with Crippen molar-refractivity contribution in [2.24, 2.45) is 0 Å². The number of urea groups is 1. The number of rotatable bonds is 4. The maximum atomic E-state index is 12.7. The normalized spacial score (nSPS) is 14.2. The second kappa shape index (κ2) is 8.11. The van der Waals surface area contributed by atoms with Gasteiger partial charge in [0.1, 0.15) is 5.65 Å². The van der Waals surface area contributed by atoms with Gasteiger partial charge in [0.25, 0.3) is 0 Å². The van der Waals surface area contributed by atoms with Gasteiger partial charge in [-0.3, -0.25) is 0 Å². The van der Waals surface area contributed by atoms with E-state index in [2.05, 4.69) is 53.1 Å². The van der Waals surface area contributed by atoms with Gasteiger partial charge >= 0.3 is 6.03 Å². The molecule has 3 aromatic rings. The number of pyridine rings is 1. The highest BCUT2D eigenvalue weighted by molar-refractivity contribution is 5.93. The van der Waals surface area contributed by atoms with Crippen molar-refractivity contribution in [3.8, 4) is 0 Å². The molecule has 0 spiro atoms. The molecule has 29 heavy (non-hydrogen) atoms. The molecule has 1 aliphatic rings. The van der Waals surface area contributed by atoms with Gasteiger partial charge in [-0.05, 0) is 61.6 Å². The Hall–Kier alpha value is -3.08. The first-order valence-corrected chi connectivity index (χ1v) is 10.3. The van der Waals surface area contributed by atoms with E-state index in [1.807, 2.05) is 36.2 Å². The monoisotopic (exact) mass is 388 g/mol. The number of hydrogen-bond acceptors (Lipinski definition) is 2. The highest BCUT2D eigenvalue weighted by atomic mass is 16.2. The third-order valence-corrected chi connectivity index (χ3v) is 5.79. The Morgan fingerprint density at radius 3 is 2.83 bits per heavy atom. The summed E-state index contributed by atoms with van der Waals surface area (Å²) in [5, 5.41) is 4.26. The molecule has 3 heterocycles. The number of carbonyl (C=O) groups excluding carboxylic acids is 1. The molecule has 0 fully saturated rings. The number of fused-ring (bicyclic) bond motifs is 1. The van der Waals surface area contributed by atoms with E-state index in [1.165, 1.54) is 22.1 Å². The van der Waals surface area contributed by atoms with E-state index in [1.54, 1.807) is 0 Å². The van der Waals surface area contributed by atoms with Crippen molar-refractivity contribution in [3.05, 3.63) is 65.5 Å². The van der Waals surface area contributed by atoms with Crippen molar-refractivity contribution < 1.29 is 4.79 Å². The Kier molecular flexibility index (Phi) is 5.38. The first-order chi connectivity index (χ1) is 14.1. The molecule has 1 aliphatic heterocycles. The van der Waals surface area contributed by atoms with Crippen LogP contribution in [0.5, 0.6) is 0 Å². The zero-order valence-electron chi connectivity index (χ0n) is 17.4. The summed E-state index contributed by atoms with van der Waals surface area (Å²) in [5.41, 5.74) is 6.77. The molecule has 2 aromatic heterocycles. The predicted molar refractivity (Wildman–Crippen MR) is 119 cm³/mol. The summed E-state index contributed by atoms with van der Waals surface area (Å²) in [6, 6.07) is 10.1. The van der Waals surface area contributed by atoms with Crippen LogP contribution in [-0.4, -0.2) is 33.6 Å². The SMILES string of the molecule is CCCn1cc(C2=CCN(C(=O)Nc3cccc(C)c3C)CC2)c2cccnc21. The number of anilines is 1. The van der Waals surface area contributed by atoms with Gasteiger partial charge in [-0.2, -0.15) is 0 Å². The third kappa shape index (κ3) is 3.77. The molecule has 1 aromatic carbocycles. The topological polar surface area (TPSA) is 50.2 Å². The highest BCUT2D eigenvalue weighted by Crippen LogP contribution is 2.30. The van der Waals surface area contributed by atoms with E-state index in [9.17, 15) is 4.79 Å². The van der Waals surface area contributed by atoms with Gasteiger partial charge in [-0.15, -0.1) is 0 Å². The van der Waals surface area contributed by atoms with Crippen molar-refractivity contribution >= 4 is 28.3 Å². The number of aromatic nitrogens is 2. The molecule has 0 aliphatic carbocycles. The molecular formula is C24H28N4O. The number of hydrogen-bond donors (Lipinski definition) is 1. The molecule has 0 saturated carbocycles. The Morgan fingerprint density at radius 1 is 1.21 bits per heavy atom. The first-order valence-electron chi connectivity index (χ1n) is 10.3. The molecule has 5 heteroatoms. The van der Waals surface area contributed by atoms with Gasteiger partial charge < -0.3 is 14.8 Å². The molecule has 0 bridgehead atoms. The van der Waals surface area contributed by atoms with Crippen LogP contribution in [0.15, 0.2) is 48.8 Å². The second-order valence-corrected chi connectivity index (χ2v) is 7.71. The maximum absolute atomic E-state index is 12.7. The molecular weight excluding hydrogens is 360 g/mol. The number of nitrogens with one attached hydrogen (secondary N) is 1. The van der Waals surface area contributed by atoms with Gasteiger partial charge in [0.2, 0.25) is 0 Å². The Bertz CT molecular complexity index is 1080. The van der Waals surface area contributed by atoms with Crippen LogP contribution in [-0.2, 0) is 6.54 Å². The van der Waals surface area contributed by atoms with E-state index < -0.39 is 0 Å². The summed E-state index contributed by atoms with van der Waals surface area (Å²) in [6.45, 7) is 8.58. The lowest BCUT2D eigenvalue weighted by molar-refractivity contribution is 0.217. The van der Waals surface area contributed by atoms with E-state index in [4.69, 9.17) is 0 Å². The molecule has 0 unspecified atom stereocenters. The molecule has 5 nitrogen and oxygen atoms in total. The average Bonchev–Trinajstić information content (AvgIpc) is 3.10. The van der Waals surface area contributed by atoms with E-state index >= 15 is 0 Å². The largest absolute Gasteiger partial charge is 0.332 e. The zero-order valence-corrected chi connectivity index (χ0v) is 17.4. The lowest BCUT2D eigenvalue weighted by atomic mass is 10.00. The number of carbonyl (C=O) groups is 1. The van der Waals surface area contributed by atoms with Gasteiger partial charge in [0.05, 0.1) is 0 Å². The van der Waals surface area contributed by atoms with Crippen LogP contribution >= 0.6 is 0 Å². The van der Waals surface area contributed by atoms with Crippen LogP contribution in [0.25, 0.3) is 16.6 Å². The van der Waals surface area contributed by atoms with Crippen LogP contribution in [0, 0.1) is 13.8 Å². The first kappa shape index (κ1) is 19.2. The van der Waals surface area contributed by atoms with Crippen molar-refractivity contribution in [2.45, 2.75) is 40.2 Å². The summed E-state index contributed by atoms with van der Waals surface area (Å²) in [5.74, 6) is 0. The number of benzene rings is 1. The van der Waals surface area contributed by atoms with Crippen LogP contribution in [0.3, 0.4) is 0 Å². The fourth-order valence-electron chi connectivity index (χ4n) is 3.97. The highest BCUT2D eigenvalue weighted by Gasteiger charge is 2.21. The predicted octanol–water partition coefficient (Wildman–Crippen LogP) is 5.38. The summed E-state index contributed by atoms with van der Waals surface area (Å²) < 4.78 is 2.24. The minimum Gasteiger partial charge on any atom is -0.332 e. The van der Waals surface area contributed by atoms with Crippen molar-refractivity contribution in [2.75, 3.05) is 18.4 Å². The molecule has 150 valence electrons. The van der Waals surface area contributed by atoms with E-state index in [-0.39, 0.29) is 6.03 Å². The number of amides is 2. The Labute approximate surface area is 172 Å². The molecule has 0 saturated heterocycles.